The molecular formula is C17H31N3O2. The van der Waals surface area contributed by atoms with E-state index >= 15 is 0 Å². The Morgan fingerprint density at radius 3 is 2.50 bits per heavy atom. The van der Waals surface area contributed by atoms with Crippen LogP contribution in [0.15, 0.2) is 0 Å². The highest BCUT2D eigenvalue weighted by Crippen LogP contribution is 2.26. The summed E-state index contributed by atoms with van der Waals surface area (Å²) in [5.74, 6) is 0. The van der Waals surface area contributed by atoms with Crippen LogP contribution in [0.3, 0.4) is 0 Å². The van der Waals surface area contributed by atoms with Crippen molar-refractivity contribution in [3.05, 3.63) is 0 Å². The Labute approximate surface area is 134 Å². The van der Waals surface area contributed by atoms with Gasteiger partial charge in [-0.25, -0.2) is 4.79 Å². The van der Waals surface area contributed by atoms with E-state index in [-0.39, 0.29) is 6.03 Å². The van der Waals surface area contributed by atoms with Gasteiger partial charge in [-0.15, -0.1) is 0 Å². The fourth-order valence-corrected chi connectivity index (χ4v) is 4.23. The molecule has 3 fully saturated rings. The van der Waals surface area contributed by atoms with Crippen molar-refractivity contribution >= 4 is 6.03 Å². The molecule has 2 saturated heterocycles. The Hall–Kier alpha value is -0.810. The van der Waals surface area contributed by atoms with Crippen molar-refractivity contribution in [2.75, 3.05) is 32.8 Å². The van der Waals surface area contributed by atoms with Crippen LogP contribution in [0.1, 0.15) is 51.9 Å². The van der Waals surface area contributed by atoms with Crippen molar-refractivity contribution < 1.29 is 9.53 Å². The molecule has 22 heavy (non-hydrogen) atoms. The summed E-state index contributed by atoms with van der Waals surface area (Å²) in [6, 6.07) is 1.26. The first-order valence-corrected chi connectivity index (χ1v) is 9.17. The molecule has 0 aromatic carbocycles. The van der Waals surface area contributed by atoms with Crippen molar-refractivity contribution in [1.29, 1.82) is 0 Å². The van der Waals surface area contributed by atoms with Gasteiger partial charge in [-0.1, -0.05) is 12.8 Å². The van der Waals surface area contributed by atoms with E-state index in [1.165, 1.54) is 25.7 Å². The van der Waals surface area contributed by atoms with Crippen molar-refractivity contribution in [3.8, 4) is 0 Å². The van der Waals surface area contributed by atoms with E-state index in [9.17, 15) is 4.79 Å². The predicted molar refractivity (Wildman–Crippen MR) is 87.0 cm³/mol. The molecule has 0 aromatic heterocycles. The minimum absolute atomic E-state index is 0.133. The number of rotatable bonds is 4. The van der Waals surface area contributed by atoms with Gasteiger partial charge in [0.25, 0.3) is 0 Å². The smallest absolute Gasteiger partial charge is 0.317 e. The van der Waals surface area contributed by atoms with Gasteiger partial charge in [0.15, 0.2) is 0 Å². The van der Waals surface area contributed by atoms with Crippen LogP contribution in [0.25, 0.3) is 0 Å². The maximum absolute atomic E-state index is 12.4. The fourth-order valence-electron chi connectivity index (χ4n) is 4.23. The highest BCUT2D eigenvalue weighted by atomic mass is 16.5. The van der Waals surface area contributed by atoms with Crippen LogP contribution in [0, 0.1) is 0 Å². The van der Waals surface area contributed by atoms with Gasteiger partial charge in [-0.05, 0) is 39.0 Å². The number of amides is 2. The number of likely N-dealkylation sites (tertiary alicyclic amines) is 2. The predicted octanol–water partition coefficient (Wildman–Crippen LogP) is 2.21. The van der Waals surface area contributed by atoms with Gasteiger partial charge in [0.1, 0.15) is 0 Å². The van der Waals surface area contributed by atoms with Crippen LogP contribution < -0.4 is 5.32 Å². The van der Waals surface area contributed by atoms with E-state index in [2.05, 4.69) is 10.2 Å². The molecule has 0 radical (unpaired) electrons. The average Bonchev–Trinajstić information content (AvgIpc) is 3.19. The summed E-state index contributed by atoms with van der Waals surface area (Å²) >= 11 is 0. The summed E-state index contributed by atoms with van der Waals surface area (Å²) in [4.78, 5) is 17.0. The lowest BCUT2D eigenvalue weighted by molar-refractivity contribution is 0.0218. The van der Waals surface area contributed by atoms with Crippen LogP contribution in [0.5, 0.6) is 0 Å². The summed E-state index contributed by atoms with van der Waals surface area (Å²) in [5, 5.41) is 3.25. The Morgan fingerprint density at radius 2 is 1.82 bits per heavy atom. The normalized spacial score (nSPS) is 28.4. The zero-order chi connectivity index (χ0) is 15.4. The molecule has 2 aliphatic heterocycles. The quantitative estimate of drug-likeness (QED) is 0.866. The lowest BCUT2D eigenvalue weighted by atomic mass is 10.1. The van der Waals surface area contributed by atoms with E-state index < -0.39 is 0 Å². The Morgan fingerprint density at radius 1 is 1.09 bits per heavy atom. The number of urea groups is 1. The molecule has 0 spiro atoms. The minimum atomic E-state index is 0.133. The Kier molecular flexibility index (Phi) is 5.58. The third kappa shape index (κ3) is 3.93. The number of hydrogen-bond donors (Lipinski definition) is 1. The van der Waals surface area contributed by atoms with Crippen molar-refractivity contribution in [2.24, 2.45) is 0 Å². The van der Waals surface area contributed by atoms with E-state index in [0.29, 0.717) is 12.1 Å². The highest BCUT2D eigenvalue weighted by molar-refractivity contribution is 5.74. The number of carbonyl (C=O) groups excluding carboxylic acids is 1. The number of nitrogens with one attached hydrogen (secondary N) is 1. The average molecular weight is 309 g/mol. The Bertz CT molecular complexity index is 363. The standard InChI is InChI=1S/C17H31N3O2/c1-2-22-16-8-11-19(12-9-16)17(21)18-14-7-10-20(13-14)15-5-3-4-6-15/h14-16H,2-13H2,1H3,(H,18,21). The van der Waals surface area contributed by atoms with Gasteiger partial charge in [-0.3, -0.25) is 4.90 Å². The number of piperidine rings is 1. The van der Waals surface area contributed by atoms with E-state index in [4.69, 9.17) is 4.74 Å². The second kappa shape index (κ2) is 7.64. The Balaban J connectivity index is 1.39. The van der Waals surface area contributed by atoms with Gasteiger partial charge >= 0.3 is 6.03 Å². The molecule has 5 nitrogen and oxygen atoms in total. The maximum atomic E-state index is 12.4. The van der Waals surface area contributed by atoms with E-state index in [0.717, 1.165) is 58.1 Å². The molecule has 1 unspecified atom stereocenters. The van der Waals surface area contributed by atoms with Gasteiger partial charge < -0.3 is 15.0 Å². The van der Waals surface area contributed by atoms with Gasteiger partial charge in [0.2, 0.25) is 0 Å². The molecular weight excluding hydrogens is 278 g/mol. The first-order valence-electron chi connectivity index (χ1n) is 9.17. The molecule has 1 N–H and O–H groups in total. The summed E-state index contributed by atoms with van der Waals surface area (Å²) in [7, 11) is 0. The second-order valence-corrected chi connectivity index (χ2v) is 7.01. The topological polar surface area (TPSA) is 44.8 Å². The molecule has 2 amide bonds. The molecule has 2 heterocycles. The van der Waals surface area contributed by atoms with Crippen LogP contribution in [0.2, 0.25) is 0 Å². The fraction of sp³-hybridized carbons (Fsp3) is 0.941. The monoisotopic (exact) mass is 309 g/mol. The van der Waals surface area contributed by atoms with Gasteiger partial charge in [-0.2, -0.15) is 0 Å². The van der Waals surface area contributed by atoms with E-state index in [1.807, 2.05) is 11.8 Å². The number of nitrogens with zero attached hydrogens (tertiary/aromatic N) is 2. The van der Waals surface area contributed by atoms with E-state index in [1.54, 1.807) is 0 Å². The SMILES string of the molecule is CCOC1CCN(C(=O)NC2CCN(C3CCCC3)C2)CC1. The number of hydrogen-bond acceptors (Lipinski definition) is 3. The first-order chi connectivity index (χ1) is 10.8. The molecule has 3 rings (SSSR count). The first kappa shape index (κ1) is 16.1. The van der Waals surface area contributed by atoms with Gasteiger partial charge in [0, 0.05) is 44.9 Å². The molecule has 1 aliphatic carbocycles. The van der Waals surface area contributed by atoms with Crippen molar-refractivity contribution in [1.82, 2.24) is 15.1 Å². The summed E-state index contributed by atoms with van der Waals surface area (Å²) in [6.45, 7) is 6.67. The van der Waals surface area contributed by atoms with Crippen LogP contribution >= 0.6 is 0 Å². The number of ether oxygens (including phenoxy) is 1. The zero-order valence-electron chi connectivity index (χ0n) is 13.9. The summed E-state index contributed by atoms with van der Waals surface area (Å²) < 4.78 is 5.65. The number of carbonyl (C=O) groups is 1. The summed E-state index contributed by atoms with van der Waals surface area (Å²) in [5.41, 5.74) is 0. The largest absolute Gasteiger partial charge is 0.378 e. The molecule has 5 heteroatoms. The molecule has 1 atom stereocenters. The molecule has 0 aromatic rings. The van der Waals surface area contributed by atoms with Crippen LogP contribution in [0.4, 0.5) is 4.79 Å². The third-order valence-corrected chi connectivity index (χ3v) is 5.52. The van der Waals surface area contributed by atoms with Crippen molar-refractivity contribution in [2.45, 2.75) is 70.1 Å². The third-order valence-electron chi connectivity index (χ3n) is 5.52. The molecule has 3 aliphatic rings. The maximum Gasteiger partial charge on any atom is 0.317 e. The van der Waals surface area contributed by atoms with Crippen LogP contribution in [-0.2, 0) is 4.74 Å². The molecule has 0 bridgehead atoms. The van der Waals surface area contributed by atoms with Crippen molar-refractivity contribution in [3.63, 3.8) is 0 Å². The van der Waals surface area contributed by atoms with Crippen LogP contribution in [-0.4, -0.2) is 66.8 Å². The lowest BCUT2D eigenvalue weighted by Gasteiger charge is -2.32. The highest BCUT2D eigenvalue weighted by Gasteiger charge is 2.32. The minimum Gasteiger partial charge on any atom is -0.378 e. The lowest BCUT2D eigenvalue weighted by Crippen LogP contribution is -2.49. The second-order valence-electron chi connectivity index (χ2n) is 7.01. The molecule has 126 valence electrons. The molecule has 1 saturated carbocycles. The zero-order valence-corrected chi connectivity index (χ0v) is 13.9. The summed E-state index contributed by atoms with van der Waals surface area (Å²) in [6.07, 6.45) is 8.87. The van der Waals surface area contributed by atoms with Gasteiger partial charge in [0.05, 0.1) is 6.10 Å².